The Bertz CT molecular complexity index is 963. The second-order valence-corrected chi connectivity index (χ2v) is 6.88. The largest absolute Gasteiger partial charge is 0.465 e. The molecule has 3 rings (SSSR count). The molecule has 2 aromatic heterocycles. The second-order valence-electron chi connectivity index (χ2n) is 5.88. The van der Waals surface area contributed by atoms with Crippen LogP contribution in [0.4, 0.5) is 0 Å². The topological polar surface area (TPSA) is 88.7 Å². The van der Waals surface area contributed by atoms with Crippen LogP contribution in [0.3, 0.4) is 0 Å². The number of aromatic nitrogens is 2. The van der Waals surface area contributed by atoms with Gasteiger partial charge in [0.05, 0.1) is 12.5 Å². The number of nitrogens with zero attached hydrogens (tertiary/aromatic N) is 1. The van der Waals surface area contributed by atoms with Gasteiger partial charge in [0, 0.05) is 5.56 Å². The fourth-order valence-electron chi connectivity index (χ4n) is 2.75. The van der Waals surface area contributed by atoms with Crippen molar-refractivity contribution in [2.45, 2.75) is 26.4 Å². The summed E-state index contributed by atoms with van der Waals surface area (Å²) < 4.78 is 4.77. The Kier molecular flexibility index (Phi) is 4.96. The molecule has 0 unspecified atom stereocenters. The van der Waals surface area contributed by atoms with E-state index in [0.717, 1.165) is 0 Å². The fourth-order valence-corrected chi connectivity index (χ4v) is 3.87. The van der Waals surface area contributed by atoms with Crippen LogP contribution in [0.25, 0.3) is 10.2 Å². The minimum Gasteiger partial charge on any atom is -0.465 e. The van der Waals surface area contributed by atoms with Gasteiger partial charge in [0.15, 0.2) is 5.82 Å². The van der Waals surface area contributed by atoms with E-state index in [-0.39, 0.29) is 11.6 Å². The van der Waals surface area contributed by atoms with Gasteiger partial charge in [0.25, 0.3) is 5.56 Å². The number of hydrogen-bond acceptors (Lipinski definition) is 5. The van der Waals surface area contributed by atoms with Crippen molar-refractivity contribution in [3.05, 3.63) is 62.5 Å². The fraction of sp³-hybridized carbons (Fsp3) is 0.278. The maximum absolute atomic E-state index is 12.4. The molecule has 25 heavy (non-hydrogen) atoms. The number of carbonyl (C=O) groups excluding carboxylic acids is 1. The predicted molar refractivity (Wildman–Crippen MR) is 96.8 cm³/mol. The molecule has 2 heterocycles. The Hall–Kier alpha value is -2.51. The lowest BCUT2D eigenvalue weighted by Gasteiger charge is -2.10. The molecule has 6 nitrogen and oxygen atoms in total. The van der Waals surface area contributed by atoms with Crippen LogP contribution in [-0.2, 0) is 11.3 Å². The number of esters is 1. The highest BCUT2D eigenvalue weighted by Gasteiger charge is 2.20. The molecule has 0 aliphatic rings. The summed E-state index contributed by atoms with van der Waals surface area (Å²) in [7, 11) is 1.33. The number of carbonyl (C=O) groups is 1. The number of aryl methyl sites for hydroxylation is 1. The van der Waals surface area contributed by atoms with Crippen molar-refractivity contribution in [3.63, 3.8) is 0 Å². The number of thiophene rings is 1. The van der Waals surface area contributed by atoms with Gasteiger partial charge in [-0.25, -0.2) is 9.78 Å². The summed E-state index contributed by atoms with van der Waals surface area (Å²) in [6, 6.07) is 10.4. The Morgan fingerprint density at radius 2 is 2.08 bits per heavy atom. The van der Waals surface area contributed by atoms with Crippen LogP contribution in [0, 0.1) is 6.92 Å². The number of benzene rings is 1. The van der Waals surface area contributed by atoms with E-state index in [1.165, 1.54) is 24.0 Å². The first-order chi connectivity index (χ1) is 12.0. The number of fused-ring (bicyclic) bond motifs is 1. The molecule has 1 atom stereocenters. The Morgan fingerprint density at radius 3 is 2.76 bits per heavy atom. The first-order valence-electron chi connectivity index (χ1n) is 8.00. The predicted octanol–water partition coefficient (Wildman–Crippen LogP) is 1.90. The molecule has 0 saturated heterocycles. The van der Waals surface area contributed by atoms with Crippen LogP contribution >= 0.6 is 11.3 Å². The number of quaternary nitrogens is 1. The first-order valence-corrected chi connectivity index (χ1v) is 8.81. The maximum atomic E-state index is 12.4. The van der Waals surface area contributed by atoms with Crippen LogP contribution in [0.1, 0.15) is 39.6 Å². The molecule has 0 aliphatic carbocycles. The monoisotopic (exact) mass is 358 g/mol. The van der Waals surface area contributed by atoms with Crippen LogP contribution in [0.15, 0.2) is 35.1 Å². The Morgan fingerprint density at radius 1 is 1.36 bits per heavy atom. The summed E-state index contributed by atoms with van der Waals surface area (Å²) in [6.45, 7) is 4.40. The zero-order chi connectivity index (χ0) is 18.0. The van der Waals surface area contributed by atoms with Gasteiger partial charge >= 0.3 is 5.97 Å². The van der Waals surface area contributed by atoms with Gasteiger partial charge in [-0.15, -0.1) is 11.3 Å². The van der Waals surface area contributed by atoms with E-state index >= 15 is 0 Å². The molecule has 0 amide bonds. The first kappa shape index (κ1) is 17.3. The second kappa shape index (κ2) is 7.16. The van der Waals surface area contributed by atoms with E-state index < -0.39 is 5.97 Å². The number of aromatic amines is 1. The van der Waals surface area contributed by atoms with Gasteiger partial charge in [-0.3, -0.25) is 4.79 Å². The maximum Gasteiger partial charge on any atom is 0.348 e. The van der Waals surface area contributed by atoms with E-state index in [1.807, 2.05) is 18.2 Å². The van der Waals surface area contributed by atoms with Crippen LogP contribution in [0.5, 0.6) is 0 Å². The van der Waals surface area contributed by atoms with E-state index in [9.17, 15) is 9.59 Å². The highest BCUT2D eigenvalue weighted by Crippen LogP contribution is 2.27. The molecule has 0 bridgehead atoms. The van der Waals surface area contributed by atoms with Gasteiger partial charge in [-0.05, 0) is 19.4 Å². The number of hydrogen-bond donors (Lipinski definition) is 2. The zero-order valence-electron chi connectivity index (χ0n) is 14.3. The summed E-state index contributed by atoms with van der Waals surface area (Å²) >= 11 is 1.20. The van der Waals surface area contributed by atoms with Crippen molar-refractivity contribution >= 4 is 27.5 Å². The zero-order valence-corrected chi connectivity index (χ0v) is 15.1. The van der Waals surface area contributed by atoms with Gasteiger partial charge in [-0.1, -0.05) is 30.3 Å². The minimum absolute atomic E-state index is 0.218. The molecule has 130 valence electrons. The normalized spacial score (nSPS) is 12.3. The summed E-state index contributed by atoms with van der Waals surface area (Å²) in [6.07, 6.45) is 0. The molecular weight excluding hydrogens is 338 g/mol. The highest BCUT2D eigenvalue weighted by atomic mass is 32.1. The van der Waals surface area contributed by atoms with E-state index in [0.29, 0.717) is 33.0 Å². The summed E-state index contributed by atoms with van der Waals surface area (Å²) in [4.78, 5) is 32.6. The van der Waals surface area contributed by atoms with Crippen molar-refractivity contribution < 1.29 is 14.8 Å². The van der Waals surface area contributed by atoms with Crippen molar-refractivity contribution in [2.24, 2.45) is 0 Å². The lowest BCUT2D eigenvalue weighted by Crippen LogP contribution is -2.83. The molecular formula is C18H20N3O3S+. The minimum atomic E-state index is -0.439. The summed E-state index contributed by atoms with van der Waals surface area (Å²) in [5.74, 6) is 0.156. The standard InChI is InChI=1S/C18H19N3O3S/c1-10-14-16(22)20-13(21-17(14)25-15(10)18(23)24-3)9-19-11(2)12-7-5-4-6-8-12/h4-8,11,19H,9H2,1-3H3,(H,20,21,22)/p+1/t11-/m0/s1. The van der Waals surface area contributed by atoms with Gasteiger partial charge in [0.2, 0.25) is 0 Å². The molecule has 3 N–H and O–H groups in total. The summed E-state index contributed by atoms with van der Waals surface area (Å²) in [5, 5.41) is 2.58. The molecule has 3 aromatic rings. The average Bonchev–Trinajstić information content (AvgIpc) is 2.96. The number of methoxy groups -OCH3 is 1. The molecule has 0 fully saturated rings. The quantitative estimate of drug-likeness (QED) is 0.682. The SMILES string of the molecule is COC(=O)c1sc2nc(C[NH2+][C@@H](C)c3ccccc3)[nH]c(=O)c2c1C. The number of ether oxygens (including phenoxy) is 1. The Labute approximate surface area is 148 Å². The number of nitrogens with two attached hydrogens (primary N) is 1. The third-order valence-corrected chi connectivity index (χ3v) is 5.38. The molecule has 0 spiro atoms. The van der Waals surface area contributed by atoms with Crippen molar-refractivity contribution in [1.29, 1.82) is 0 Å². The van der Waals surface area contributed by atoms with Crippen LogP contribution in [0.2, 0.25) is 0 Å². The van der Waals surface area contributed by atoms with E-state index in [2.05, 4.69) is 34.3 Å². The molecule has 0 saturated carbocycles. The van der Waals surface area contributed by atoms with Gasteiger partial charge in [-0.2, -0.15) is 0 Å². The average molecular weight is 358 g/mol. The van der Waals surface area contributed by atoms with E-state index in [1.54, 1.807) is 6.92 Å². The highest BCUT2D eigenvalue weighted by molar-refractivity contribution is 7.20. The summed E-state index contributed by atoms with van der Waals surface area (Å²) in [5.41, 5.74) is 1.62. The lowest BCUT2D eigenvalue weighted by atomic mass is 10.1. The Balaban J connectivity index is 1.86. The van der Waals surface area contributed by atoms with Gasteiger partial charge in [0.1, 0.15) is 22.3 Å². The molecule has 7 heteroatoms. The van der Waals surface area contributed by atoms with Crippen LogP contribution in [-0.4, -0.2) is 23.0 Å². The van der Waals surface area contributed by atoms with Crippen molar-refractivity contribution in [3.8, 4) is 0 Å². The lowest BCUT2D eigenvalue weighted by molar-refractivity contribution is -0.708. The molecule has 0 radical (unpaired) electrons. The van der Waals surface area contributed by atoms with E-state index in [4.69, 9.17) is 4.74 Å². The molecule has 1 aromatic carbocycles. The number of nitrogens with one attached hydrogen (secondary N) is 1. The van der Waals surface area contributed by atoms with Gasteiger partial charge < -0.3 is 15.0 Å². The van der Waals surface area contributed by atoms with Crippen molar-refractivity contribution in [2.75, 3.05) is 7.11 Å². The smallest absolute Gasteiger partial charge is 0.348 e. The molecule has 0 aliphatic heterocycles. The van der Waals surface area contributed by atoms with Crippen LogP contribution < -0.4 is 10.9 Å². The number of rotatable bonds is 5. The third-order valence-electron chi connectivity index (χ3n) is 4.21. The number of H-pyrrole nitrogens is 1. The van der Waals surface area contributed by atoms with Crippen molar-refractivity contribution in [1.82, 2.24) is 9.97 Å². The third kappa shape index (κ3) is 3.47.